The highest BCUT2D eigenvalue weighted by Gasteiger charge is 2.33. The van der Waals surface area contributed by atoms with Crippen molar-refractivity contribution in [2.45, 2.75) is 18.9 Å². The Balaban J connectivity index is 1.72. The van der Waals surface area contributed by atoms with E-state index in [1.54, 1.807) is 50.4 Å². The number of aromatic amines is 1. The molecule has 0 aliphatic carbocycles. The lowest BCUT2D eigenvalue weighted by atomic mass is 9.92. The Morgan fingerprint density at radius 2 is 1.85 bits per heavy atom. The SMILES string of the molecule is C#Cc1ccc(NC(=O)C([C@@H](C)c2ccccc2)n2c(O)c(-c3ccc(OCCOC)cc3)[nH]c2=O)c(F)c1. The Labute approximate surface area is 225 Å². The third kappa shape index (κ3) is 6.03. The predicted molar refractivity (Wildman–Crippen MR) is 146 cm³/mol. The maximum atomic E-state index is 14.7. The number of imidazole rings is 1. The van der Waals surface area contributed by atoms with E-state index in [-0.39, 0.29) is 11.4 Å². The second kappa shape index (κ2) is 12.2. The molecule has 0 saturated heterocycles. The highest BCUT2D eigenvalue weighted by atomic mass is 19.1. The van der Waals surface area contributed by atoms with Crippen molar-refractivity contribution < 1.29 is 23.8 Å². The number of benzene rings is 3. The number of halogens is 1. The van der Waals surface area contributed by atoms with Crippen molar-refractivity contribution in [2.75, 3.05) is 25.6 Å². The Hall–Kier alpha value is -4.81. The van der Waals surface area contributed by atoms with E-state index in [1.165, 1.54) is 12.1 Å². The molecule has 1 unspecified atom stereocenters. The summed E-state index contributed by atoms with van der Waals surface area (Å²) >= 11 is 0. The van der Waals surface area contributed by atoms with Gasteiger partial charge in [-0.3, -0.25) is 4.79 Å². The third-order valence-corrected chi connectivity index (χ3v) is 6.34. The maximum Gasteiger partial charge on any atom is 0.329 e. The lowest BCUT2D eigenvalue weighted by Gasteiger charge is -2.25. The number of nitrogens with zero attached hydrogens (tertiary/aromatic N) is 1. The van der Waals surface area contributed by atoms with Gasteiger partial charge < -0.3 is 24.9 Å². The molecule has 9 heteroatoms. The molecule has 0 bridgehead atoms. The van der Waals surface area contributed by atoms with E-state index >= 15 is 0 Å². The number of hydrogen-bond donors (Lipinski definition) is 3. The van der Waals surface area contributed by atoms with E-state index in [0.29, 0.717) is 30.1 Å². The topological polar surface area (TPSA) is 106 Å². The van der Waals surface area contributed by atoms with Crippen LogP contribution in [0.3, 0.4) is 0 Å². The number of aromatic nitrogens is 2. The van der Waals surface area contributed by atoms with Crippen molar-refractivity contribution in [3.63, 3.8) is 0 Å². The number of carbonyl (C=O) groups excluding carboxylic acids is 1. The zero-order valence-corrected chi connectivity index (χ0v) is 21.5. The summed E-state index contributed by atoms with van der Waals surface area (Å²) in [4.78, 5) is 29.5. The van der Waals surface area contributed by atoms with Crippen molar-refractivity contribution in [3.05, 3.63) is 100 Å². The molecule has 4 aromatic rings. The summed E-state index contributed by atoms with van der Waals surface area (Å²) in [6, 6.07) is 18.6. The number of hydrogen-bond acceptors (Lipinski definition) is 5. The fourth-order valence-corrected chi connectivity index (χ4v) is 4.28. The van der Waals surface area contributed by atoms with E-state index in [0.717, 1.165) is 16.2 Å². The van der Waals surface area contributed by atoms with Gasteiger partial charge in [-0.25, -0.2) is 13.8 Å². The number of anilines is 1. The van der Waals surface area contributed by atoms with Crippen LogP contribution in [0.15, 0.2) is 77.6 Å². The number of aromatic hydroxyl groups is 1. The van der Waals surface area contributed by atoms with Crippen LogP contribution >= 0.6 is 0 Å². The van der Waals surface area contributed by atoms with E-state index in [4.69, 9.17) is 15.9 Å². The molecular weight excluding hydrogens is 501 g/mol. The van der Waals surface area contributed by atoms with Gasteiger partial charge in [0, 0.05) is 24.2 Å². The van der Waals surface area contributed by atoms with Gasteiger partial charge in [-0.1, -0.05) is 43.2 Å². The van der Waals surface area contributed by atoms with Crippen molar-refractivity contribution in [1.29, 1.82) is 0 Å². The molecule has 0 radical (unpaired) electrons. The van der Waals surface area contributed by atoms with Gasteiger partial charge in [-0.15, -0.1) is 6.42 Å². The maximum absolute atomic E-state index is 14.7. The first-order chi connectivity index (χ1) is 18.8. The average molecular weight is 530 g/mol. The second-order valence-corrected chi connectivity index (χ2v) is 8.84. The lowest BCUT2D eigenvalue weighted by Crippen LogP contribution is -2.35. The fraction of sp³-hybridized carbons (Fsp3) is 0.200. The lowest BCUT2D eigenvalue weighted by molar-refractivity contribution is -0.120. The second-order valence-electron chi connectivity index (χ2n) is 8.84. The van der Waals surface area contributed by atoms with Gasteiger partial charge in [0.1, 0.15) is 29.9 Å². The average Bonchev–Trinajstić information content (AvgIpc) is 3.24. The Kier molecular flexibility index (Phi) is 8.49. The number of terminal acetylenes is 1. The largest absolute Gasteiger partial charge is 0.493 e. The molecule has 0 aliphatic heterocycles. The molecule has 0 fully saturated rings. The summed E-state index contributed by atoms with van der Waals surface area (Å²) < 4.78 is 26.2. The van der Waals surface area contributed by atoms with Gasteiger partial charge in [0.15, 0.2) is 0 Å². The number of methoxy groups -OCH3 is 1. The molecule has 39 heavy (non-hydrogen) atoms. The van der Waals surface area contributed by atoms with Gasteiger partial charge >= 0.3 is 5.69 Å². The third-order valence-electron chi connectivity index (χ3n) is 6.34. The van der Waals surface area contributed by atoms with Crippen molar-refractivity contribution >= 4 is 11.6 Å². The minimum Gasteiger partial charge on any atom is -0.493 e. The summed E-state index contributed by atoms with van der Waals surface area (Å²) in [6.07, 6.45) is 5.33. The van der Waals surface area contributed by atoms with Gasteiger partial charge in [0.25, 0.3) is 0 Å². The van der Waals surface area contributed by atoms with Crippen LogP contribution in [-0.4, -0.2) is 40.9 Å². The van der Waals surface area contributed by atoms with E-state index in [9.17, 15) is 19.1 Å². The van der Waals surface area contributed by atoms with Crippen LogP contribution in [0.1, 0.15) is 30.0 Å². The molecule has 1 aromatic heterocycles. The van der Waals surface area contributed by atoms with Gasteiger partial charge in [-0.05, 0) is 48.0 Å². The molecule has 1 heterocycles. The van der Waals surface area contributed by atoms with Crippen molar-refractivity contribution in [2.24, 2.45) is 0 Å². The van der Waals surface area contributed by atoms with Crippen LogP contribution in [0.4, 0.5) is 10.1 Å². The zero-order valence-electron chi connectivity index (χ0n) is 21.5. The molecule has 0 saturated carbocycles. The molecule has 4 rings (SSSR count). The van der Waals surface area contributed by atoms with Crippen molar-refractivity contribution in [3.8, 4) is 35.2 Å². The Bertz CT molecular complexity index is 1540. The van der Waals surface area contributed by atoms with Crippen molar-refractivity contribution in [1.82, 2.24) is 9.55 Å². The number of ether oxygens (including phenoxy) is 2. The molecule has 0 aliphatic rings. The summed E-state index contributed by atoms with van der Waals surface area (Å²) in [7, 11) is 1.58. The number of carbonyl (C=O) groups is 1. The molecule has 8 nitrogen and oxygen atoms in total. The number of rotatable bonds is 10. The zero-order chi connectivity index (χ0) is 27.9. The Morgan fingerprint density at radius 1 is 1.13 bits per heavy atom. The molecule has 3 aromatic carbocycles. The standard InChI is InChI=1S/C30H28FN3O5/c1-4-20-10-15-25(24(31)18-20)32-28(35)27(19(2)21-8-6-5-7-9-21)34-29(36)26(33-30(34)37)22-11-13-23(14-12-22)39-17-16-38-3/h1,5-15,18-19,27,36H,16-17H2,2-3H3,(H,32,35)(H,33,37)/t19-,27?/m0/s1. The first-order valence-corrected chi connectivity index (χ1v) is 12.2. The molecule has 2 atom stereocenters. The first kappa shape index (κ1) is 27.2. The smallest absolute Gasteiger partial charge is 0.329 e. The quantitative estimate of drug-likeness (QED) is 0.204. The summed E-state index contributed by atoms with van der Waals surface area (Å²) in [5.41, 5.74) is 0.896. The van der Waals surface area contributed by atoms with Crippen LogP contribution in [0.2, 0.25) is 0 Å². The summed E-state index contributed by atoms with van der Waals surface area (Å²) in [5.74, 6) is 0.504. The Morgan fingerprint density at radius 3 is 2.49 bits per heavy atom. The number of amides is 1. The van der Waals surface area contributed by atoms with Crippen LogP contribution in [-0.2, 0) is 9.53 Å². The molecule has 3 N–H and O–H groups in total. The van der Waals surface area contributed by atoms with Crippen LogP contribution in [0.25, 0.3) is 11.3 Å². The van der Waals surface area contributed by atoms with E-state index in [1.807, 2.05) is 18.2 Å². The highest BCUT2D eigenvalue weighted by molar-refractivity contribution is 5.95. The van der Waals surface area contributed by atoms with Gasteiger partial charge in [0.2, 0.25) is 11.8 Å². The summed E-state index contributed by atoms with van der Waals surface area (Å²) in [5, 5.41) is 13.8. The monoisotopic (exact) mass is 529 g/mol. The number of H-pyrrole nitrogens is 1. The number of nitrogens with one attached hydrogen (secondary N) is 2. The van der Waals surface area contributed by atoms with E-state index < -0.39 is 35.3 Å². The van der Waals surface area contributed by atoms with E-state index in [2.05, 4.69) is 16.2 Å². The van der Waals surface area contributed by atoms with Crippen LogP contribution in [0, 0.1) is 18.2 Å². The molecule has 0 spiro atoms. The normalized spacial score (nSPS) is 12.4. The van der Waals surface area contributed by atoms with Crippen LogP contribution in [0.5, 0.6) is 11.6 Å². The predicted octanol–water partition coefficient (Wildman–Crippen LogP) is 4.68. The van der Waals surface area contributed by atoms with Gasteiger partial charge in [0.05, 0.1) is 12.3 Å². The first-order valence-electron chi connectivity index (χ1n) is 12.2. The minimum absolute atomic E-state index is 0.100. The fourth-order valence-electron chi connectivity index (χ4n) is 4.28. The highest BCUT2D eigenvalue weighted by Crippen LogP contribution is 2.35. The van der Waals surface area contributed by atoms with Crippen LogP contribution < -0.4 is 15.7 Å². The molecule has 200 valence electrons. The van der Waals surface area contributed by atoms with Gasteiger partial charge in [-0.2, -0.15) is 0 Å². The summed E-state index contributed by atoms with van der Waals surface area (Å²) in [6.45, 7) is 2.55. The molecule has 1 amide bonds. The molecular formula is C30H28FN3O5. The minimum atomic E-state index is -1.23.